The summed E-state index contributed by atoms with van der Waals surface area (Å²) in [6.45, 7) is 1.68. The van der Waals surface area contributed by atoms with E-state index in [1.165, 1.54) is 21.8 Å². The standard InChI is InChI=1S/C20H15Cl2N5O2/c1-12-6-7-13(8-16(12)22)25-18(28)10-26-11-23-19-14(20(26)29)9-24-27(19)17-5-3-2-4-15(17)21/h2-9,11H,10H2,1H3,(H,25,28). The second-order valence-corrected chi connectivity index (χ2v) is 7.25. The molecule has 2 aromatic carbocycles. The molecule has 0 aliphatic carbocycles. The highest BCUT2D eigenvalue weighted by molar-refractivity contribution is 6.32. The van der Waals surface area contributed by atoms with Crippen molar-refractivity contribution in [3.8, 4) is 5.69 Å². The maximum atomic E-state index is 12.8. The fourth-order valence-corrected chi connectivity index (χ4v) is 3.28. The van der Waals surface area contributed by atoms with E-state index in [4.69, 9.17) is 23.2 Å². The van der Waals surface area contributed by atoms with Crippen LogP contribution in [-0.2, 0) is 11.3 Å². The predicted octanol–water partition coefficient (Wildman–Crippen LogP) is 3.84. The summed E-state index contributed by atoms with van der Waals surface area (Å²) in [5, 5.41) is 8.28. The first kappa shape index (κ1) is 19.2. The number of aromatic nitrogens is 4. The molecule has 0 fully saturated rings. The number of carbonyl (C=O) groups is 1. The van der Waals surface area contributed by atoms with Gasteiger partial charge in [0.1, 0.15) is 18.3 Å². The van der Waals surface area contributed by atoms with Crippen LogP contribution in [-0.4, -0.2) is 25.2 Å². The molecule has 0 aliphatic heterocycles. The Labute approximate surface area is 175 Å². The van der Waals surface area contributed by atoms with Gasteiger partial charge in [-0.05, 0) is 36.8 Å². The monoisotopic (exact) mass is 427 g/mol. The molecule has 2 heterocycles. The molecule has 29 heavy (non-hydrogen) atoms. The van der Waals surface area contributed by atoms with Crippen LogP contribution in [0.2, 0.25) is 10.0 Å². The van der Waals surface area contributed by atoms with E-state index in [9.17, 15) is 9.59 Å². The molecule has 0 unspecified atom stereocenters. The molecule has 0 spiro atoms. The molecule has 1 amide bonds. The number of hydrogen-bond donors (Lipinski definition) is 1. The Balaban J connectivity index is 1.61. The van der Waals surface area contributed by atoms with Crippen molar-refractivity contribution in [3.05, 3.63) is 81.0 Å². The predicted molar refractivity (Wildman–Crippen MR) is 113 cm³/mol. The third-order valence-corrected chi connectivity index (χ3v) is 5.13. The first-order valence-electron chi connectivity index (χ1n) is 8.68. The second-order valence-electron chi connectivity index (χ2n) is 6.43. The van der Waals surface area contributed by atoms with Crippen molar-refractivity contribution in [2.24, 2.45) is 0 Å². The summed E-state index contributed by atoms with van der Waals surface area (Å²) >= 11 is 12.3. The molecule has 4 aromatic rings. The molecule has 4 rings (SSSR count). The number of hydrogen-bond acceptors (Lipinski definition) is 4. The van der Waals surface area contributed by atoms with E-state index in [2.05, 4.69) is 15.4 Å². The number of nitrogens with one attached hydrogen (secondary N) is 1. The molecular weight excluding hydrogens is 413 g/mol. The average Bonchev–Trinajstić information content (AvgIpc) is 3.12. The van der Waals surface area contributed by atoms with Crippen LogP contribution in [0.25, 0.3) is 16.7 Å². The van der Waals surface area contributed by atoms with E-state index < -0.39 is 0 Å². The molecule has 146 valence electrons. The van der Waals surface area contributed by atoms with Crippen LogP contribution >= 0.6 is 23.2 Å². The van der Waals surface area contributed by atoms with Crippen LogP contribution in [0.5, 0.6) is 0 Å². The minimum Gasteiger partial charge on any atom is -0.324 e. The van der Waals surface area contributed by atoms with Gasteiger partial charge in [0, 0.05) is 10.7 Å². The molecular formula is C20H15Cl2N5O2. The summed E-state index contributed by atoms with van der Waals surface area (Å²) in [5.41, 5.74) is 2.07. The summed E-state index contributed by atoms with van der Waals surface area (Å²) in [6.07, 6.45) is 2.74. The lowest BCUT2D eigenvalue weighted by Gasteiger charge is -2.09. The molecule has 0 saturated heterocycles. The lowest BCUT2D eigenvalue weighted by atomic mass is 10.2. The number of aryl methyl sites for hydroxylation is 1. The van der Waals surface area contributed by atoms with Crippen molar-refractivity contribution in [1.82, 2.24) is 19.3 Å². The van der Waals surface area contributed by atoms with Gasteiger partial charge >= 0.3 is 0 Å². The van der Waals surface area contributed by atoms with E-state index in [0.717, 1.165) is 5.56 Å². The van der Waals surface area contributed by atoms with Crippen molar-refractivity contribution in [2.45, 2.75) is 13.5 Å². The number of anilines is 1. The number of nitrogens with zero attached hydrogens (tertiary/aromatic N) is 4. The Morgan fingerprint density at radius 2 is 1.93 bits per heavy atom. The number of amides is 1. The molecule has 2 aromatic heterocycles. The Morgan fingerprint density at radius 1 is 1.14 bits per heavy atom. The minimum atomic E-state index is -0.370. The maximum absolute atomic E-state index is 12.8. The lowest BCUT2D eigenvalue weighted by Crippen LogP contribution is -2.27. The van der Waals surface area contributed by atoms with Gasteiger partial charge in [0.05, 0.1) is 16.9 Å². The van der Waals surface area contributed by atoms with E-state index in [1.807, 2.05) is 13.0 Å². The fourth-order valence-electron chi connectivity index (χ4n) is 2.89. The van der Waals surface area contributed by atoms with E-state index in [-0.39, 0.29) is 18.0 Å². The van der Waals surface area contributed by atoms with Crippen LogP contribution < -0.4 is 10.9 Å². The van der Waals surface area contributed by atoms with Crippen molar-refractivity contribution in [3.63, 3.8) is 0 Å². The lowest BCUT2D eigenvalue weighted by molar-refractivity contribution is -0.116. The maximum Gasteiger partial charge on any atom is 0.264 e. The van der Waals surface area contributed by atoms with Gasteiger partial charge in [0.15, 0.2) is 5.65 Å². The number of carbonyl (C=O) groups excluding carboxylic acids is 1. The first-order chi connectivity index (χ1) is 13.9. The van der Waals surface area contributed by atoms with E-state index >= 15 is 0 Å². The van der Waals surface area contributed by atoms with Gasteiger partial charge in [-0.25, -0.2) is 9.67 Å². The molecule has 0 atom stereocenters. The summed E-state index contributed by atoms with van der Waals surface area (Å²) in [5.74, 6) is -0.369. The quantitative estimate of drug-likeness (QED) is 0.536. The Hall–Kier alpha value is -3.16. The highest BCUT2D eigenvalue weighted by Crippen LogP contribution is 2.22. The summed E-state index contributed by atoms with van der Waals surface area (Å²) in [7, 11) is 0. The van der Waals surface area contributed by atoms with E-state index in [1.54, 1.807) is 36.4 Å². The van der Waals surface area contributed by atoms with Crippen molar-refractivity contribution in [2.75, 3.05) is 5.32 Å². The zero-order chi connectivity index (χ0) is 20.5. The number of rotatable bonds is 4. The zero-order valence-corrected chi connectivity index (χ0v) is 16.8. The van der Waals surface area contributed by atoms with Crippen LogP contribution in [0.15, 0.2) is 59.8 Å². The number of benzene rings is 2. The molecule has 0 bridgehead atoms. The second kappa shape index (κ2) is 7.69. The molecule has 0 saturated carbocycles. The highest BCUT2D eigenvalue weighted by Gasteiger charge is 2.14. The normalized spacial score (nSPS) is 11.0. The van der Waals surface area contributed by atoms with Crippen molar-refractivity contribution in [1.29, 1.82) is 0 Å². The smallest absolute Gasteiger partial charge is 0.264 e. The van der Waals surface area contributed by atoms with Crippen LogP contribution in [0, 0.1) is 6.92 Å². The first-order valence-corrected chi connectivity index (χ1v) is 9.44. The third kappa shape index (κ3) is 3.74. The van der Waals surface area contributed by atoms with Gasteiger partial charge in [0.25, 0.3) is 5.56 Å². The molecule has 1 N–H and O–H groups in total. The minimum absolute atomic E-state index is 0.190. The van der Waals surface area contributed by atoms with Gasteiger partial charge in [-0.2, -0.15) is 5.10 Å². The van der Waals surface area contributed by atoms with Crippen LogP contribution in [0.4, 0.5) is 5.69 Å². The van der Waals surface area contributed by atoms with Gasteiger partial charge in [-0.15, -0.1) is 0 Å². The average molecular weight is 428 g/mol. The summed E-state index contributed by atoms with van der Waals surface area (Å²) in [4.78, 5) is 29.4. The molecule has 0 radical (unpaired) electrons. The van der Waals surface area contributed by atoms with Gasteiger partial charge in [-0.3, -0.25) is 14.2 Å². The van der Waals surface area contributed by atoms with Crippen LogP contribution in [0.3, 0.4) is 0 Å². The Kier molecular flexibility index (Phi) is 5.08. The topological polar surface area (TPSA) is 81.8 Å². The van der Waals surface area contributed by atoms with Gasteiger partial charge in [0.2, 0.25) is 5.91 Å². The molecule has 0 aliphatic rings. The third-order valence-electron chi connectivity index (χ3n) is 4.40. The summed E-state index contributed by atoms with van der Waals surface area (Å²) < 4.78 is 2.73. The van der Waals surface area contributed by atoms with Gasteiger partial charge in [-0.1, -0.05) is 41.4 Å². The number of para-hydroxylation sites is 1. The fraction of sp³-hybridized carbons (Fsp3) is 0.100. The van der Waals surface area contributed by atoms with Crippen molar-refractivity contribution >= 4 is 45.8 Å². The SMILES string of the molecule is Cc1ccc(NC(=O)Cn2cnc3c(cnn3-c3ccccc3Cl)c2=O)cc1Cl. The highest BCUT2D eigenvalue weighted by atomic mass is 35.5. The summed E-state index contributed by atoms with van der Waals surface area (Å²) in [6, 6.07) is 12.3. The van der Waals surface area contributed by atoms with Crippen molar-refractivity contribution < 1.29 is 4.79 Å². The molecule has 9 heteroatoms. The van der Waals surface area contributed by atoms with Gasteiger partial charge < -0.3 is 5.32 Å². The van der Waals surface area contributed by atoms with Crippen LogP contribution in [0.1, 0.15) is 5.56 Å². The number of fused-ring (bicyclic) bond motifs is 1. The zero-order valence-electron chi connectivity index (χ0n) is 15.3. The Bertz CT molecular complexity index is 1300. The van der Waals surface area contributed by atoms with E-state index in [0.29, 0.717) is 32.5 Å². The Morgan fingerprint density at radius 3 is 2.69 bits per heavy atom. The number of halogens is 2. The largest absolute Gasteiger partial charge is 0.324 e. The molecule has 7 nitrogen and oxygen atoms in total.